The Bertz CT molecular complexity index is 1140. The molecule has 1 fully saturated rings. The normalized spacial score (nSPS) is 21.6. The van der Waals surface area contributed by atoms with E-state index in [1.54, 1.807) is 24.1 Å². The Morgan fingerprint density at radius 1 is 1.34 bits per heavy atom. The van der Waals surface area contributed by atoms with Crippen LogP contribution in [0.2, 0.25) is 0 Å². The van der Waals surface area contributed by atoms with Crippen molar-refractivity contribution >= 4 is 33.6 Å². The van der Waals surface area contributed by atoms with E-state index >= 15 is 0 Å². The number of hydrogen-bond acceptors (Lipinski definition) is 6. The van der Waals surface area contributed by atoms with Crippen molar-refractivity contribution in [1.29, 1.82) is 0 Å². The van der Waals surface area contributed by atoms with Gasteiger partial charge < -0.3 is 10.5 Å². The molecule has 152 valence electrons. The molecule has 3 aromatic rings. The summed E-state index contributed by atoms with van der Waals surface area (Å²) in [5.74, 6) is 1.97. The van der Waals surface area contributed by atoms with Crippen molar-refractivity contribution in [2.24, 2.45) is 5.73 Å². The number of nitrogens with one attached hydrogen (secondary N) is 1. The third-order valence-electron chi connectivity index (χ3n) is 5.16. The zero-order valence-corrected chi connectivity index (χ0v) is 17.2. The molecule has 0 bridgehead atoms. The second-order valence-electron chi connectivity index (χ2n) is 7.20. The molecule has 9 nitrogen and oxygen atoms in total. The Hall–Kier alpha value is -2.85. The molecule has 2 atom stereocenters. The fraction of sp³-hybridized carbons (Fsp3) is 0.368. The molecule has 29 heavy (non-hydrogen) atoms. The second kappa shape index (κ2) is 7.20. The van der Waals surface area contributed by atoms with Crippen LogP contribution in [0.4, 0.5) is 10.6 Å². The Labute approximate surface area is 170 Å². The number of amides is 2. The van der Waals surface area contributed by atoms with Gasteiger partial charge in [-0.15, -0.1) is 0 Å². The van der Waals surface area contributed by atoms with Crippen LogP contribution < -0.4 is 11.1 Å². The van der Waals surface area contributed by atoms with Gasteiger partial charge in [0.2, 0.25) is 0 Å². The van der Waals surface area contributed by atoms with Crippen LogP contribution in [-0.2, 0) is 21.1 Å². The third-order valence-corrected chi connectivity index (χ3v) is 6.61. The lowest BCUT2D eigenvalue weighted by Gasteiger charge is -2.26. The number of nitrogens with zero attached hydrogens (tertiary/aromatic N) is 4. The van der Waals surface area contributed by atoms with Gasteiger partial charge in [-0.2, -0.15) is 5.10 Å². The fourth-order valence-electron chi connectivity index (χ4n) is 3.67. The Morgan fingerprint density at radius 2 is 2.14 bits per heavy atom. The molecule has 0 saturated carbocycles. The minimum absolute atomic E-state index is 0.332. The van der Waals surface area contributed by atoms with Crippen molar-refractivity contribution in [1.82, 2.24) is 19.7 Å². The minimum Gasteiger partial charge on any atom is -0.371 e. The molecule has 2 amide bonds. The Balaban J connectivity index is 1.87. The quantitative estimate of drug-likeness (QED) is 0.672. The van der Waals surface area contributed by atoms with E-state index in [0.717, 1.165) is 27.9 Å². The van der Waals surface area contributed by atoms with Crippen molar-refractivity contribution in [3.63, 3.8) is 0 Å². The van der Waals surface area contributed by atoms with Crippen LogP contribution in [0.5, 0.6) is 0 Å². The molecule has 3 N–H and O–H groups in total. The number of carbonyl (C=O) groups excluding carboxylic acids is 1. The van der Waals surface area contributed by atoms with Gasteiger partial charge in [0.15, 0.2) is 5.82 Å². The van der Waals surface area contributed by atoms with Gasteiger partial charge in [-0.05, 0) is 38.0 Å². The number of pyridine rings is 2. The summed E-state index contributed by atoms with van der Waals surface area (Å²) < 4.78 is 19.6. The molecule has 4 rings (SSSR count). The maximum Gasteiger partial charge on any atom is 0.317 e. The lowest BCUT2D eigenvalue weighted by atomic mass is 9.97. The Morgan fingerprint density at radius 3 is 2.79 bits per heavy atom. The number of hydrogen-bond donors (Lipinski definition) is 2. The largest absolute Gasteiger partial charge is 0.371 e. The number of rotatable bonds is 4. The molecule has 10 heteroatoms. The molecule has 0 spiro atoms. The first kappa shape index (κ1) is 19.5. The maximum absolute atomic E-state index is 12.1. The predicted octanol–water partition coefficient (Wildman–Crippen LogP) is 1.92. The highest BCUT2D eigenvalue weighted by molar-refractivity contribution is 7.85. The molecule has 3 aromatic heterocycles. The molecule has 1 saturated heterocycles. The molecular weight excluding hydrogens is 392 g/mol. The number of methoxy groups -OCH3 is 1. The van der Waals surface area contributed by atoms with E-state index in [9.17, 15) is 9.00 Å². The van der Waals surface area contributed by atoms with E-state index in [4.69, 9.17) is 15.5 Å². The number of aryl methyl sites for hydroxylation is 2. The van der Waals surface area contributed by atoms with Crippen molar-refractivity contribution in [2.75, 3.05) is 23.9 Å². The van der Waals surface area contributed by atoms with E-state index in [0.29, 0.717) is 29.6 Å². The first-order chi connectivity index (χ1) is 13.8. The van der Waals surface area contributed by atoms with Crippen LogP contribution in [-0.4, -0.2) is 48.6 Å². The van der Waals surface area contributed by atoms with Crippen LogP contribution >= 0.6 is 0 Å². The topological polar surface area (TPSA) is 125 Å². The Kier molecular flexibility index (Phi) is 4.83. The molecule has 1 aliphatic heterocycles. The second-order valence-corrected chi connectivity index (χ2v) is 8.77. The lowest BCUT2D eigenvalue weighted by Crippen LogP contribution is -2.30. The summed E-state index contributed by atoms with van der Waals surface area (Å²) in [7, 11) is 0.707. The number of urea groups is 1. The van der Waals surface area contributed by atoms with Gasteiger partial charge in [0.05, 0.1) is 22.7 Å². The van der Waals surface area contributed by atoms with Gasteiger partial charge in [0.1, 0.15) is 11.4 Å². The fourth-order valence-corrected chi connectivity index (χ4v) is 5.30. The monoisotopic (exact) mass is 414 g/mol. The summed E-state index contributed by atoms with van der Waals surface area (Å²) in [6.07, 6.45) is 2.30. The van der Waals surface area contributed by atoms with Crippen molar-refractivity contribution in [3.8, 4) is 5.82 Å². The van der Waals surface area contributed by atoms with Gasteiger partial charge in [-0.25, -0.2) is 19.4 Å². The van der Waals surface area contributed by atoms with Gasteiger partial charge in [-0.1, -0.05) is 0 Å². The van der Waals surface area contributed by atoms with Crippen LogP contribution in [0.1, 0.15) is 23.4 Å². The van der Waals surface area contributed by atoms with Crippen LogP contribution in [0.25, 0.3) is 16.7 Å². The molecule has 4 heterocycles. The van der Waals surface area contributed by atoms with Crippen LogP contribution in [0.3, 0.4) is 0 Å². The number of anilines is 1. The predicted molar refractivity (Wildman–Crippen MR) is 111 cm³/mol. The average molecular weight is 414 g/mol. The zero-order valence-electron chi connectivity index (χ0n) is 16.4. The summed E-state index contributed by atoms with van der Waals surface area (Å²) in [5.41, 5.74) is 7.81. The van der Waals surface area contributed by atoms with E-state index in [-0.39, 0.29) is 0 Å². The van der Waals surface area contributed by atoms with E-state index in [2.05, 4.69) is 15.4 Å². The number of primary amides is 1. The van der Waals surface area contributed by atoms with Crippen molar-refractivity contribution in [2.45, 2.75) is 25.9 Å². The number of carbonyl (C=O) groups is 1. The summed E-state index contributed by atoms with van der Waals surface area (Å²) in [5, 5.41) is 7.95. The SMILES string of the molecule is COC1(c2cc(C)cc(-n3nc(C)c4cnc(NC(N)=O)cc43)n2)CCS(=O)C1. The molecule has 2 unspecified atom stereocenters. The van der Waals surface area contributed by atoms with Gasteiger partial charge in [0, 0.05) is 41.3 Å². The number of aromatic nitrogens is 4. The van der Waals surface area contributed by atoms with Crippen LogP contribution in [0, 0.1) is 13.8 Å². The molecule has 0 aliphatic carbocycles. The molecule has 0 radical (unpaired) electrons. The van der Waals surface area contributed by atoms with Crippen molar-refractivity contribution in [3.05, 3.63) is 41.3 Å². The van der Waals surface area contributed by atoms with E-state index < -0.39 is 22.4 Å². The number of ether oxygens (including phenoxy) is 1. The highest BCUT2D eigenvalue weighted by Crippen LogP contribution is 2.35. The molecule has 1 aliphatic rings. The average Bonchev–Trinajstić information content (AvgIpc) is 3.22. The molecular formula is C19H22N6O3S. The minimum atomic E-state index is -0.925. The van der Waals surface area contributed by atoms with Gasteiger partial charge in [0.25, 0.3) is 0 Å². The summed E-state index contributed by atoms with van der Waals surface area (Å²) >= 11 is 0. The summed E-state index contributed by atoms with van der Waals surface area (Å²) in [6, 6.07) is 4.91. The summed E-state index contributed by atoms with van der Waals surface area (Å²) in [6.45, 7) is 3.86. The smallest absolute Gasteiger partial charge is 0.317 e. The lowest BCUT2D eigenvalue weighted by molar-refractivity contribution is 0.00512. The number of nitrogens with two attached hydrogens (primary N) is 1. The first-order valence-corrected chi connectivity index (χ1v) is 10.6. The van der Waals surface area contributed by atoms with Gasteiger partial charge in [-0.3, -0.25) is 9.53 Å². The maximum atomic E-state index is 12.1. The zero-order chi connectivity index (χ0) is 20.8. The third kappa shape index (κ3) is 3.49. The highest BCUT2D eigenvalue weighted by Gasteiger charge is 2.41. The van der Waals surface area contributed by atoms with E-state index in [1.165, 1.54) is 0 Å². The van der Waals surface area contributed by atoms with Gasteiger partial charge >= 0.3 is 6.03 Å². The number of fused-ring (bicyclic) bond motifs is 1. The first-order valence-electron chi connectivity index (χ1n) is 9.13. The summed E-state index contributed by atoms with van der Waals surface area (Å²) in [4.78, 5) is 20.2. The molecule has 0 aromatic carbocycles. The van der Waals surface area contributed by atoms with Crippen LogP contribution in [0.15, 0.2) is 24.4 Å². The van der Waals surface area contributed by atoms with Crippen molar-refractivity contribution < 1.29 is 13.7 Å². The highest BCUT2D eigenvalue weighted by atomic mass is 32.2. The van der Waals surface area contributed by atoms with E-state index in [1.807, 2.05) is 26.0 Å². The standard InChI is InChI=1S/C19H22N6O3S/c1-11-6-15(19(28-3)4-5-29(27)10-19)22-17(7-11)25-14-8-16(23-18(20)26)21-9-13(14)12(2)24-25/h6-9H,4-5,10H2,1-3H3,(H3,20,21,23,26).